The molecule has 2 aliphatic rings. The molecule has 2 heterocycles. The lowest BCUT2D eigenvalue weighted by Gasteiger charge is -2.41. The molecule has 0 aromatic heterocycles. The minimum atomic E-state index is 0.00879. The highest BCUT2D eigenvalue weighted by Gasteiger charge is 2.28. The van der Waals surface area contributed by atoms with Gasteiger partial charge in [0.15, 0.2) is 12.6 Å². The van der Waals surface area contributed by atoms with Crippen molar-refractivity contribution in [1.82, 2.24) is 15.5 Å². The summed E-state index contributed by atoms with van der Waals surface area (Å²) in [6.45, 7) is 9.30. The Morgan fingerprint density at radius 3 is 2.69 bits per heavy atom. The van der Waals surface area contributed by atoms with Crippen LogP contribution in [0.2, 0.25) is 0 Å². The molecule has 0 atom stereocenters. The van der Waals surface area contributed by atoms with Gasteiger partial charge in [0.2, 0.25) is 0 Å². The molecule has 160 valence electrons. The minimum absolute atomic E-state index is 0.00879. The van der Waals surface area contributed by atoms with Gasteiger partial charge in [-0.25, -0.2) is 0 Å². The number of amides is 1. The maximum atomic E-state index is 12.2. The number of hydrogen-bond acceptors (Lipinski definition) is 4. The Hall–Kier alpha value is -2.28. The van der Waals surface area contributed by atoms with E-state index in [1.807, 2.05) is 29.2 Å². The van der Waals surface area contributed by atoms with E-state index in [1.54, 1.807) is 7.05 Å². The number of nitrogens with one attached hydrogen (secondary N) is 2. The maximum Gasteiger partial charge on any atom is 0.265 e. The second-order valence-corrected chi connectivity index (χ2v) is 8.37. The third-order valence-corrected chi connectivity index (χ3v) is 5.78. The minimum Gasteiger partial charge on any atom is -0.482 e. The molecule has 29 heavy (non-hydrogen) atoms. The van der Waals surface area contributed by atoms with Crippen LogP contribution < -0.4 is 20.3 Å². The number of ether oxygens (including phenoxy) is 1. The van der Waals surface area contributed by atoms with Crippen LogP contribution in [0.4, 0.5) is 5.69 Å². The molecule has 0 saturated carbocycles. The standard InChI is InChI=1S/C22H35N5O2/c1-22(2,26-13-7-4-8-14-26)17-25-21(23-3)24-12-9-15-27-18-10-5-6-11-19(18)29-16-20(27)28/h5-6,10-11H,4,7-9,12-17H2,1-3H3,(H2,23,24,25). The molecule has 1 amide bonds. The molecule has 0 spiro atoms. The van der Waals surface area contributed by atoms with E-state index in [-0.39, 0.29) is 18.1 Å². The first-order valence-electron chi connectivity index (χ1n) is 10.7. The molecule has 1 aromatic carbocycles. The van der Waals surface area contributed by atoms with Crippen molar-refractivity contribution in [3.8, 4) is 5.75 Å². The van der Waals surface area contributed by atoms with Gasteiger partial charge in [-0.05, 0) is 58.3 Å². The van der Waals surface area contributed by atoms with Crippen LogP contribution in [0.1, 0.15) is 39.5 Å². The molecule has 1 saturated heterocycles. The highest BCUT2D eigenvalue weighted by Crippen LogP contribution is 2.31. The number of para-hydroxylation sites is 2. The van der Waals surface area contributed by atoms with Crippen molar-refractivity contribution in [3.05, 3.63) is 24.3 Å². The Balaban J connectivity index is 1.43. The predicted molar refractivity (Wildman–Crippen MR) is 118 cm³/mol. The Labute approximate surface area is 174 Å². The molecule has 2 N–H and O–H groups in total. The first kappa shape index (κ1) is 21.4. The van der Waals surface area contributed by atoms with Crippen LogP contribution in [0.15, 0.2) is 29.3 Å². The number of benzene rings is 1. The number of nitrogens with zero attached hydrogens (tertiary/aromatic N) is 3. The van der Waals surface area contributed by atoms with E-state index in [9.17, 15) is 4.79 Å². The third-order valence-electron chi connectivity index (χ3n) is 5.78. The lowest BCUT2D eigenvalue weighted by molar-refractivity contribution is -0.121. The number of fused-ring (bicyclic) bond motifs is 1. The van der Waals surface area contributed by atoms with Crippen molar-refractivity contribution < 1.29 is 9.53 Å². The van der Waals surface area contributed by atoms with Gasteiger partial charge in [0.1, 0.15) is 5.75 Å². The molecule has 0 bridgehead atoms. The Kier molecular flexibility index (Phi) is 7.36. The average Bonchev–Trinajstić information content (AvgIpc) is 2.75. The second kappa shape index (κ2) is 9.96. The maximum absolute atomic E-state index is 12.2. The fourth-order valence-electron chi connectivity index (χ4n) is 3.97. The molecule has 3 rings (SSSR count). The van der Waals surface area contributed by atoms with E-state index >= 15 is 0 Å². The van der Waals surface area contributed by atoms with Crippen molar-refractivity contribution in [2.24, 2.45) is 4.99 Å². The fourth-order valence-corrected chi connectivity index (χ4v) is 3.97. The second-order valence-electron chi connectivity index (χ2n) is 8.37. The fraction of sp³-hybridized carbons (Fsp3) is 0.636. The first-order valence-corrected chi connectivity index (χ1v) is 10.7. The van der Waals surface area contributed by atoms with Crippen molar-refractivity contribution in [2.75, 3.05) is 51.3 Å². The molecule has 7 nitrogen and oxygen atoms in total. The van der Waals surface area contributed by atoms with Gasteiger partial charge >= 0.3 is 0 Å². The van der Waals surface area contributed by atoms with Crippen LogP contribution in [0, 0.1) is 0 Å². The molecular formula is C22H35N5O2. The van der Waals surface area contributed by atoms with Crippen molar-refractivity contribution >= 4 is 17.6 Å². The van der Waals surface area contributed by atoms with Crippen LogP contribution in [0.25, 0.3) is 0 Å². The van der Waals surface area contributed by atoms with E-state index in [4.69, 9.17) is 4.74 Å². The summed E-state index contributed by atoms with van der Waals surface area (Å²) in [5, 5.41) is 6.84. The molecule has 0 radical (unpaired) electrons. The number of aliphatic imine (C=N–C) groups is 1. The zero-order valence-corrected chi connectivity index (χ0v) is 18.0. The Morgan fingerprint density at radius 2 is 1.93 bits per heavy atom. The number of piperidine rings is 1. The number of anilines is 1. The van der Waals surface area contributed by atoms with Crippen molar-refractivity contribution in [1.29, 1.82) is 0 Å². The van der Waals surface area contributed by atoms with E-state index in [0.29, 0.717) is 6.54 Å². The highest BCUT2D eigenvalue weighted by molar-refractivity contribution is 5.97. The zero-order valence-electron chi connectivity index (χ0n) is 18.0. The summed E-state index contributed by atoms with van der Waals surface area (Å²) in [5.74, 6) is 1.59. The molecule has 7 heteroatoms. The van der Waals surface area contributed by atoms with E-state index < -0.39 is 0 Å². The average molecular weight is 402 g/mol. The van der Waals surface area contributed by atoms with Crippen molar-refractivity contribution in [2.45, 2.75) is 45.1 Å². The van der Waals surface area contributed by atoms with E-state index in [2.05, 4.69) is 34.4 Å². The van der Waals surface area contributed by atoms with E-state index in [1.165, 1.54) is 32.4 Å². The summed E-state index contributed by atoms with van der Waals surface area (Å²) in [7, 11) is 1.80. The van der Waals surface area contributed by atoms with Crippen LogP contribution in [0.5, 0.6) is 5.75 Å². The molecule has 0 unspecified atom stereocenters. The van der Waals surface area contributed by atoms with Gasteiger partial charge in [0.25, 0.3) is 5.91 Å². The van der Waals surface area contributed by atoms with Crippen LogP contribution in [-0.2, 0) is 4.79 Å². The third kappa shape index (κ3) is 5.63. The monoisotopic (exact) mass is 401 g/mol. The molecule has 1 fully saturated rings. The van der Waals surface area contributed by atoms with Crippen LogP contribution in [0.3, 0.4) is 0 Å². The van der Waals surface area contributed by atoms with Gasteiger partial charge in [-0.2, -0.15) is 0 Å². The molecular weight excluding hydrogens is 366 g/mol. The van der Waals surface area contributed by atoms with Gasteiger partial charge in [0, 0.05) is 32.2 Å². The molecule has 0 aliphatic carbocycles. The number of guanidine groups is 1. The lowest BCUT2D eigenvalue weighted by Crippen LogP contribution is -2.55. The highest BCUT2D eigenvalue weighted by atomic mass is 16.5. The normalized spacial score (nSPS) is 18.2. The van der Waals surface area contributed by atoms with E-state index in [0.717, 1.165) is 36.9 Å². The summed E-state index contributed by atoms with van der Waals surface area (Å²) in [6, 6.07) is 7.70. The predicted octanol–water partition coefficient (Wildman–Crippen LogP) is 2.23. The first-order chi connectivity index (χ1) is 14.0. The quantitative estimate of drug-likeness (QED) is 0.417. The number of hydrogen-bond donors (Lipinski definition) is 2. The summed E-state index contributed by atoms with van der Waals surface area (Å²) in [5.41, 5.74) is 0.955. The van der Waals surface area contributed by atoms with Gasteiger partial charge in [-0.3, -0.25) is 14.7 Å². The smallest absolute Gasteiger partial charge is 0.265 e. The van der Waals surface area contributed by atoms with Crippen molar-refractivity contribution in [3.63, 3.8) is 0 Å². The van der Waals surface area contributed by atoms with Gasteiger partial charge in [-0.1, -0.05) is 18.6 Å². The number of rotatable bonds is 7. The summed E-state index contributed by atoms with van der Waals surface area (Å²) in [4.78, 5) is 21.0. The summed E-state index contributed by atoms with van der Waals surface area (Å²) >= 11 is 0. The Bertz CT molecular complexity index is 713. The number of likely N-dealkylation sites (tertiary alicyclic amines) is 1. The topological polar surface area (TPSA) is 69.2 Å². The van der Waals surface area contributed by atoms with Crippen LogP contribution >= 0.6 is 0 Å². The summed E-state index contributed by atoms with van der Waals surface area (Å²) in [6.07, 6.45) is 4.76. The number of carbonyl (C=O) groups is 1. The number of carbonyl (C=O) groups excluding carboxylic acids is 1. The largest absolute Gasteiger partial charge is 0.482 e. The van der Waals surface area contributed by atoms with Crippen LogP contribution in [-0.4, -0.2) is 68.7 Å². The Morgan fingerprint density at radius 1 is 1.17 bits per heavy atom. The van der Waals surface area contributed by atoms with Gasteiger partial charge in [-0.15, -0.1) is 0 Å². The SMILES string of the molecule is CN=C(NCCCN1C(=O)COc2ccccc21)NCC(C)(C)N1CCCCC1. The zero-order chi connectivity index (χ0) is 20.7. The molecule has 1 aromatic rings. The van der Waals surface area contributed by atoms with Gasteiger partial charge < -0.3 is 20.3 Å². The summed E-state index contributed by atoms with van der Waals surface area (Å²) < 4.78 is 5.50. The van der Waals surface area contributed by atoms with Gasteiger partial charge in [0.05, 0.1) is 5.69 Å². The lowest BCUT2D eigenvalue weighted by atomic mass is 9.98. The molecule has 2 aliphatic heterocycles.